The first-order valence-corrected chi connectivity index (χ1v) is 5.07. The molecule has 0 spiro atoms. The number of carboxylic acid groups (broad SMARTS) is 2. The molecule has 0 aromatic heterocycles. The van der Waals surface area contributed by atoms with E-state index in [1.165, 1.54) is 0 Å². The van der Waals surface area contributed by atoms with Crippen LogP contribution in [0.25, 0.3) is 0 Å². The molecule has 2 N–H and O–H groups in total. The first-order chi connectivity index (χ1) is 8.04. The molecule has 1 aromatic carbocycles. The largest absolute Gasteiger partial charge is 0.481 e. The van der Waals surface area contributed by atoms with E-state index >= 15 is 0 Å². The van der Waals surface area contributed by atoms with E-state index in [2.05, 4.69) is 0 Å². The van der Waals surface area contributed by atoms with Gasteiger partial charge in [0.2, 0.25) is 0 Å². The van der Waals surface area contributed by atoms with Crippen LogP contribution in [0.15, 0.2) is 24.3 Å². The lowest BCUT2D eigenvalue weighted by Crippen LogP contribution is -2.15. The third-order valence-electron chi connectivity index (χ3n) is 2.37. The molecule has 1 atom stereocenters. The summed E-state index contributed by atoms with van der Waals surface area (Å²) in [6, 6.07) is 6.71. The molecule has 0 radical (unpaired) electrons. The van der Waals surface area contributed by atoms with E-state index in [0.717, 1.165) is 5.56 Å². The molecule has 0 aliphatic carbocycles. The topological polar surface area (TPSA) is 83.8 Å². The molecular weight excluding hydrogens is 224 g/mol. The molecule has 0 aliphatic rings. The molecule has 0 heterocycles. The van der Waals surface area contributed by atoms with Crippen molar-refractivity contribution in [2.45, 2.75) is 18.9 Å². The Bertz CT molecular complexity index is 396. The van der Waals surface area contributed by atoms with Crippen molar-refractivity contribution in [3.63, 3.8) is 0 Å². The van der Waals surface area contributed by atoms with Gasteiger partial charge in [-0.3, -0.25) is 9.59 Å². The highest BCUT2D eigenvalue weighted by Crippen LogP contribution is 2.20. The second-order valence-electron chi connectivity index (χ2n) is 3.66. The molecule has 1 rings (SSSR count). The third kappa shape index (κ3) is 3.88. The summed E-state index contributed by atoms with van der Waals surface area (Å²) in [5.74, 6) is -3.27. The summed E-state index contributed by atoms with van der Waals surface area (Å²) in [7, 11) is 1.57. The van der Waals surface area contributed by atoms with Crippen molar-refractivity contribution in [2.24, 2.45) is 0 Å². The molecule has 0 saturated heterocycles. The van der Waals surface area contributed by atoms with E-state index in [1.807, 2.05) is 0 Å². The van der Waals surface area contributed by atoms with Crippen LogP contribution in [-0.4, -0.2) is 29.3 Å². The molecule has 5 heteroatoms. The summed E-state index contributed by atoms with van der Waals surface area (Å²) >= 11 is 0. The fraction of sp³-hybridized carbons (Fsp3) is 0.333. The lowest BCUT2D eigenvalue weighted by Gasteiger charge is -2.10. The number of hydrogen-bond acceptors (Lipinski definition) is 3. The first kappa shape index (κ1) is 13.2. The van der Waals surface area contributed by atoms with Gasteiger partial charge in [0, 0.05) is 7.11 Å². The zero-order valence-corrected chi connectivity index (χ0v) is 9.42. The van der Waals surface area contributed by atoms with Gasteiger partial charge in [-0.05, 0) is 11.1 Å². The average Bonchev–Trinajstić information content (AvgIpc) is 2.27. The lowest BCUT2D eigenvalue weighted by atomic mass is 9.95. The Morgan fingerprint density at radius 2 is 1.82 bits per heavy atom. The molecular formula is C12H14O5. The van der Waals surface area contributed by atoms with E-state index in [0.29, 0.717) is 12.2 Å². The number of rotatable bonds is 6. The molecule has 1 aromatic rings. The van der Waals surface area contributed by atoms with Crippen LogP contribution in [0.1, 0.15) is 23.5 Å². The lowest BCUT2D eigenvalue weighted by molar-refractivity contribution is -0.145. The summed E-state index contributed by atoms with van der Waals surface area (Å²) in [5.41, 5.74) is 1.40. The Labute approximate surface area is 98.6 Å². The quantitative estimate of drug-likeness (QED) is 0.784. The van der Waals surface area contributed by atoms with Crippen molar-refractivity contribution < 1.29 is 24.5 Å². The van der Waals surface area contributed by atoms with Gasteiger partial charge in [-0.15, -0.1) is 0 Å². The minimum absolute atomic E-state index is 0.418. The molecule has 5 nitrogen and oxygen atoms in total. The monoisotopic (exact) mass is 238 g/mol. The first-order valence-electron chi connectivity index (χ1n) is 5.07. The third-order valence-corrected chi connectivity index (χ3v) is 2.37. The van der Waals surface area contributed by atoms with Gasteiger partial charge in [0.25, 0.3) is 0 Å². The van der Waals surface area contributed by atoms with Crippen LogP contribution in [0.4, 0.5) is 0 Å². The average molecular weight is 238 g/mol. The number of hydrogen-bond donors (Lipinski definition) is 2. The van der Waals surface area contributed by atoms with Gasteiger partial charge in [-0.1, -0.05) is 24.3 Å². The SMILES string of the molecule is COCc1ccc(C(CC(=O)O)C(=O)O)cc1. The highest BCUT2D eigenvalue weighted by molar-refractivity contribution is 5.82. The molecule has 0 saturated carbocycles. The summed E-state index contributed by atoms with van der Waals surface area (Å²) in [5, 5.41) is 17.6. The van der Waals surface area contributed by atoms with Crippen LogP contribution >= 0.6 is 0 Å². The highest BCUT2D eigenvalue weighted by Gasteiger charge is 2.22. The Morgan fingerprint density at radius 1 is 1.24 bits per heavy atom. The van der Waals surface area contributed by atoms with Crippen LogP contribution in [0.2, 0.25) is 0 Å². The van der Waals surface area contributed by atoms with Crippen LogP contribution in [-0.2, 0) is 20.9 Å². The van der Waals surface area contributed by atoms with E-state index in [1.54, 1.807) is 31.4 Å². The maximum absolute atomic E-state index is 11.0. The Hall–Kier alpha value is -1.88. The van der Waals surface area contributed by atoms with Crippen molar-refractivity contribution in [1.29, 1.82) is 0 Å². The molecule has 1 unspecified atom stereocenters. The van der Waals surface area contributed by atoms with E-state index in [4.69, 9.17) is 14.9 Å². The van der Waals surface area contributed by atoms with Crippen LogP contribution in [0.5, 0.6) is 0 Å². The van der Waals surface area contributed by atoms with Gasteiger partial charge in [0.05, 0.1) is 18.9 Å². The van der Waals surface area contributed by atoms with Crippen molar-refractivity contribution in [2.75, 3.05) is 7.11 Å². The number of carboxylic acids is 2. The predicted molar refractivity (Wildman–Crippen MR) is 59.8 cm³/mol. The number of ether oxygens (including phenoxy) is 1. The second kappa shape index (κ2) is 6.00. The van der Waals surface area contributed by atoms with Crippen molar-refractivity contribution in [3.8, 4) is 0 Å². The van der Waals surface area contributed by atoms with Crippen LogP contribution in [0.3, 0.4) is 0 Å². The van der Waals surface area contributed by atoms with Gasteiger partial charge in [-0.2, -0.15) is 0 Å². The van der Waals surface area contributed by atoms with Gasteiger partial charge in [0.15, 0.2) is 0 Å². The fourth-order valence-corrected chi connectivity index (χ4v) is 1.54. The van der Waals surface area contributed by atoms with Crippen molar-refractivity contribution in [1.82, 2.24) is 0 Å². The second-order valence-corrected chi connectivity index (χ2v) is 3.66. The zero-order valence-electron chi connectivity index (χ0n) is 9.42. The number of benzene rings is 1. The minimum atomic E-state index is -1.13. The molecule has 0 aliphatic heterocycles. The van der Waals surface area contributed by atoms with Gasteiger partial charge >= 0.3 is 11.9 Å². The number of carbonyl (C=O) groups is 2. The van der Waals surface area contributed by atoms with E-state index in [-0.39, 0.29) is 0 Å². The Kier molecular flexibility index (Phi) is 4.66. The highest BCUT2D eigenvalue weighted by atomic mass is 16.5. The van der Waals surface area contributed by atoms with Gasteiger partial charge in [0.1, 0.15) is 0 Å². The number of methoxy groups -OCH3 is 1. The smallest absolute Gasteiger partial charge is 0.311 e. The number of aliphatic carboxylic acids is 2. The Morgan fingerprint density at radius 3 is 2.24 bits per heavy atom. The summed E-state index contributed by atoms with van der Waals surface area (Å²) in [4.78, 5) is 21.5. The van der Waals surface area contributed by atoms with E-state index in [9.17, 15) is 9.59 Å². The Balaban J connectivity index is 2.87. The maximum atomic E-state index is 11.0. The van der Waals surface area contributed by atoms with Crippen molar-refractivity contribution in [3.05, 3.63) is 35.4 Å². The standard InChI is InChI=1S/C12H14O5/c1-17-7-8-2-4-9(5-3-8)10(12(15)16)6-11(13)14/h2-5,10H,6-7H2,1H3,(H,13,14)(H,15,16). The van der Waals surface area contributed by atoms with Gasteiger partial charge < -0.3 is 14.9 Å². The van der Waals surface area contributed by atoms with E-state index < -0.39 is 24.3 Å². The van der Waals surface area contributed by atoms with Crippen LogP contribution in [0, 0.1) is 0 Å². The summed E-state index contributed by atoms with van der Waals surface area (Å²) in [6.07, 6.45) is -0.418. The van der Waals surface area contributed by atoms with Gasteiger partial charge in [-0.25, -0.2) is 0 Å². The zero-order chi connectivity index (χ0) is 12.8. The normalized spacial score (nSPS) is 12.1. The molecule has 0 amide bonds. The molecule has 0 bridgehead atoms. The summed E-state index contributed by atoms with van der Waals surface area (Å²) < 4.78 is 4.93. The molecule has 0 fully saturated rings. The molecule has 92 valence electrons. The molecule has 17 heavy (non-hydrogen) atoms. The predicted octanol–water partition coefficient (Wildman–Crippen LogP) is 1.48. The van der Waals surface area contributed by atoms with Crippen LogP contribution < -0.4 is 0 Å². The maximum Gasteiger partial charge on any atom is 0.311 e. The minimum Gasteiger partial charge on any atom is -0.481 e. The summed E-state index contributed by atoms with van der Waals surface area (Å²) in [6.45, 7) is 0.441. The van der Waals surface area contributed by atoms with Crippen molar-refractivity contribution >= 4 is 11.9 Å². The fourth-order valence-electron chi connectivity index (χ4n) is 1.54.